The number of nitrogen functional groups attached to an aromatic ring is 1. The van der Waals surface area contributed by atoms with Gasteiger partial charge in [0.2, 0.25) is 11.8 Å². The van der Waals surface area contributed by atoms with Gasteiger partial charge in [-0.15, -0.1) is 0 Å². The van der Waals surface area contributed by atoms with E-state index in [1.165, 1.54) is 6.08 Å². The molecule has 0 unspecified atom stereocenters. The van der Waals surface area contributed by atoms with Crippen LogP contribution in [-0.2, 0) is 9.59 Å². The molecule has 1 aromatic carbocycles. The van der Waals surface area contributed by atoms with Crippen molar-refractivity contribution in [2.75, 3.05) is 44.4 Å². The summed E-state index contributed by atoms with van der Waals surface area (Å²) in [5.74, 6) is 0.484. The molecule has 0 bridgehead atoms. The Morgan fingerprint density at radius 1 is 1.44 bits per heavy atom. The Balaban J connectivity index is 1.84. The number of amides is 2. The van der Waals surface area contributed by atoms with Gasteiger partial charge < -0.3 is 25.6 Å². The molecular weight excluding hydrogens is 320 g/mol. The van der Waals surface area contributed by atoms with Gasteiger partial charge in [0.1, 0.15) is 5.75 Å². The predicted molar refractivity (Wildman–Crippen MR) is 98.6 cm³/mol. The lowest BCUT2D eigenvalue weighted by Crippen LogP contribution is -2.48. The van der Waals surface area contributed by atoms with Crippen LogP contribution in [0.4, 0.5) is 11.4 Å². The highest BCUT2D eigenvalue weighted by Gasteiger charge is 2.22. The monoisotopic (exact) mass is 346 g/mol. The number of carbonyl (C=O) groups excluding carboxylic acids is 2. The number of carbonyl (C=O) groups is 2. The minimum atomic E-state index is -0.0539. The van der Waals surface area contributed by atoms with Crippen molar-refractivity contribution < 1.29 is 14.3 Å². The summed E-state index contributed by atoms with van der Waals surface area (Å²) in [5.41, 5.74) is 7.23. The highest BCUT2D eigenvalue weighted by atomic mass is 16.5. The summed E-state index contributed by atoms with van der Waals surface area (Å²) in [6, 6.07) is 5.51. The molecule has 0 atom stereocenters. The zero-order valence-corrected chi connectivity index (χ0v) is 14.8. The summed E-state index contributed by atoms with van der Waals surface area (Å²) in [6.45, 7) is 5.01. The number of rotatable bonds is 6. The van der Waals surface area contributed by atoms with Gasteiger partial charge in [-0.1, -0.05) is 6.58 Å². The first-order chi connectivity index (χ1) is 11.9. The average Bonchev–Trinajstić information content (AvgIpc) is 2.61. The molecule has 7 nitrogen and oxygen atoms in total. The maximum absolute atomic E-state index is 12.3. The summed E-state index contributed by atoms with van der Waals surface area (Å²) in [6.07, 6.45) is 2.84. The van der Waals surface area contributed by atoms with Crippen molar-refractivity contribution in [1.29, 1.82) is 0 Å². The Hall–Kier alpha value is -2.70. The molecular formula is C18H26N4O3. The van der Waals surface area contributed by atoms with Crippen LogP contribution < -0.4 is 20.7 Å². The fourth-order valence-corrected chi connectivity index (χ4v) is 2.89. The first-order valence-electron chi connectivity index (χ1n) is 8.30. The van der Waals surface area contributed by atoms with Crippen molar-refractivity contribution in [2.45, 2.75) is 18.9 Å². The third-order valence-corrected chi connectivity index (χ3v) is 4.38. The van der Waals surface area contributed by atoms with Crippen LogP contribution in [0.5, 0.6) is 5.75 Å². The summed E-state index contributed by atoms with van der Waals surface area (Å²) < 4.78 is 5.21. The normalized spacial score (nSPS) is 14.7. The maximum Gasteiger partial charge on any atom is 0.245 e. The predicted octanol–water partition coefficient (Wildman–Crippen LogP) is 1.01. The number of anilines is 2. The Bertz CT molecular complexity index is 639. The number of likely N-dealkylation sites (tertiary alicyclic amines) is 1. The second-order valence-corrected chi connectivity index (χ2v) is 6.15. The summed E-state index contributed by atoms with van der Waals surface area (Å²) in [5, 5.41) is 3.04. The molecule has 1 aliphatic heterocycles. The third-order valence-electron chi connectivity index (χ3n) is 4.38. The quantitative estimate of drug-likeness (QED) is 0.593. The number of nitrogens with one attached hydrogen (secondary N) is 1. The molecule has 3 N–H and O–H groups in total. The molecule has 1 heterocycles. The standard InChI is InChI=1S/C18H26N4O3/c1-4-18(24)22-9-7-13(8-10-22)20-17(23)12-21(2)14-5-6-15(19)16(11-14)25-3/h4-6,11,13H,1,7-10,12,19H2,2-3H3,(H,20,23). The van der Waals surface area contributed by atoms with Crippen LogP contribution in [0.25, 0.3) is 0 Å². The lowest BCUT2D eigenvalue weighted by atomic mass is 10.0. The second kappa shape index (κ2) is 8.41. The molecule has 136 valence electrons. The number of ether oxygens (including phenoxy) is 1. The topological polar surface area (TPSA) is 87.9 Å². The van der Waals surface area contributed by atoms with Gasteiger partial charge in [0.25, 0.3) is 0 Å². The SMILES string of the molecule is C=CC(=O)N1CCC(NC(=O)CN(C)c2ccc(N)c(OC)c2)CC1. The van der Waals surface area contributed by atoms with Crippen LogP contribution >= 0.6 is 0 Å². The number of hydrogen-bond donors (Lipinski definition) is 2. The molecule has 0 saturated carbocycles. The van der Waals surface area contributed by atoms with Gasteiger partial charge in [-0.25, -0.2) is 0 Å². The van der Waals surface area contributed by atoms with Crippen molar-refractivity contribution in [3.63, 3.8) is 0 Å². The summed E-state index contributed by atoms with van der Waals surface area (Å²) in [4.78, 5) is 27.4. The molecule has 1 aromatic rings. The van der Waals surface area contributed by atoms with Crippen LogP contribution in [0, 0.1) is 0 Å². The largest absolute Gasteiger partial charge is 0.495 e. The van der Waals surface area contributed by atoms with E-state index in [4.69, 9.17) is 10.5 Å². The van der Waals surface area contributed by atoms with E-state index in [0.29, 0.717) is 24.5 Å². The van der Waals surface area contributed by atoms with Crippen LogP contribution in [0.1, 0.15) is 12.8 Å². The van der Waals surface area contributed by atoms with Crippen molar-refractivity contribution in [2.24, 2.45) is 0 Å². The van der Waals surface area contributed by atoms with Crippen LogP contribution in [-0.4, -0.2) is 56.5 Å². The molecule has 0 radical (unpaired) electrons. The average molecular weight is 346 g/mol. The van der Waals surface area contributed by atoms with E-state index in [9.17, 15) is 9.59 Å². The number of likely N-dealkylation sites (N-methyl/N-ethyl adjacent to an activating group) is 1. The van der Waals surface area contributed by atoms with Crippen molar-refractivity contribution in [3.8, 4) is 5.75 Å². The van der Waals surface area contributed by atoms with Crippen molar-refractivity contribution >= 4 is 23.2 Å². The summed E-state index contributed by atoms with van der Waals surface area (Å²) >= 11 is 0. The zero-order valence-electron chi connectivity index (χ0n) is 14.8. The molecule has 0 aromatic heterocycles. The van der Waals surface area contributed by atoms with Gasteiger partial charge in [-0.05, 0) is 31.1 Å². The van der Waals surface area contributed by atoms with Gasteiger partial charge in [0.15, 0.2) is 0 Å². The first-order valence-corrected chi connectivity index (χ1v) is 8.30. The number of piperidine rings is 1. The molecule has 7 heteroatoms. The number of nitrogens with two attached hydrogens (primary N) is 1. The first kappa shape index (κ1) is 18.6. The van der Waals surface area contributed by atoms with E-state index in [-0.39, 0.29) is 24.4 Å². The smallest absolute Gasteiger partial charge is 0.245 e. The Morgan fingerprint density at radius 3 is 2.72 bits per heavy atom. The summed E-state index contributed by atoms with van der Waals surface area (Å²) in [7, 11) is 3.40. The van der Waals surface area contributed by atoms with Gasteiger partial charge in [-0.2, -0.15) is 0 Å². The molecule has 1 aliphatic rings. The third kappa shape index (κ3) is 4.89. The number of methoxy groups -OCH3 is 1. The molecule has 2 amide bonds. The Kier molecular flexibility index (Phi) is 6.27. The fourth-order valence-electron chi connectivity index (χ4n) is 2.89. The minimum Gasteiger partial charge on any atom is -0.495 e. The molecule has 0 spiro atoms. The Labute approximate surface area is 148 Å². The van der Waals surface area contributed by atoms with E-state index in [2.05, 4.69) is 11.9 Å². The molecule has 25 heavy (non-hydrogen) atoms. The Morgan fingerprint density at radius 2 is 2.12 bits per heavy atom. The maximum atomic E-state index is 12.3. The number of hydrogen-bond acceptors (Lipinski definition) is 5. The van der Waals surface area contributed by atoms with Gasteiger partial charge in [-0.3, -0.25) is 9.59 Å². The minimum absolute atomic E-state index is 0.0493. The highest BCUT2D eigenvalue weighted by molar-refractivity contribution is 5.87. The number of nitrogens with zero attached hydrogens (tertiary/aromatic N) is 2. The van der Waals surface area contributed by atoms with Gasteiger partial charge >= 0.3 is 0 Å². The van der Waals surface area contributed by atoms with E-state index in [1.807, 2.05) is 24.1 Å². The van der Waals surface area contributed by atoms with E-state index in [0.717, 1.165) is 18.5 Å². The van der Waals surface area contributed by atoms with Gasteiger partial charge in [0, 0.05) is 37.9 Å². The van der Waals surface area contributed by atoms with E-state index < -0.39 is 0 Å². The molecule has 1 saturated heterocycles. The van der Waals surface area contributed by atoms with Gasteiger partial charge in [0.05, 0.1) is 19.3 Å². The van der Waals surface area contributed by atoms with E-state index in [1.54, 1.807) is 18.1 Å². The molecule has 1 fully saturated rings. The lowest BCUT2D eigenvalue weighted by molar-refractivity contribution is -0.127. The van der Waals surface area contributed by atoms with Crippen LogP contribution in [0.3, 0.4) is 0 Å². The molecule has 2 rings (SSSR count). The van der Waals surface area contributed by atoms with Crippen molar-refractivity contribution in [1.82, 2.24) is 10.2 Å². The highest BCUT2D eigenvalue weighted by Crippen LogP contribution is 2.26. The number of benzene rings is 1. The van der Waals surface area contributed by atoms with Crippen molar-refractivity contribution in [3.05, 3.63) is 30.9 Å². The van der Waals surface area contributed by atoms with E-state index >= 15 is 0 Å². The lowest BCUT2D eigenvalue weighted by Gasteiger charge is -2.32. The second-order valence-electron chi connectivity index (χ2n) is 6.15. The zero-order chi connectivity index (χ0) is 18.4. The molecule has 0 aliphatic carbocycles. The fraction of sp³-hybridized carbons (Fsp3) is 0.444. The van der Waals surface area contributed by atoms with Crippen LogP contribution in [0.2, 0.25) is 0 Å². The van der Waals surface area contributed by atoms with Crippen LogP contribution in [0.15, 0.2) is 30.9 Å².